The van der Waals surface area contributed by atoms with Gasteiger partial charge >= 0.3 is 18.2 Å². The number of halogens is 1. The van der Waals surface area contributed by atoms with Gasteiger partial charge in [-0.1, -0.05) is 31.9 Å². The fourth-order valence-electron chi connectivity index (χ4n) is 4.28. The van der Waals surface area contributed by atoms with Crippen molar-refractivity contribution >= 4 is 18.2 Å². The normalized spacial score (nSPS) is 22.4. The third kappa shape index (κ3) is 11.0. The zero-order valence-electron chi connectivity index (χ0n) is 25.2. The van der Waals surface area contributed by atoms with Crippen LogP contribution in [-0.4, -0.2) is 72.3 Å². The number of hydrogen-bond acceptors (Lipinski definition) is 8. The Morgan fingerprint density at radius 3 is 2.08 bits per heavy atom. The first-order chi connectivity index (χ1) is 18.6. The van der Waals surface area contributed by atoms with E-state index < -0.39 is 47.6 Å². The van der Waals surface area contributed by atoms with Gasteiger partial charge in [-0.05, 0) is 79.0 Å². The van der Waals surface area contributed by atoms with Gasteiger partial charge < -0.3 is 23.7 Å². The Morgan fingerprint density at radius 1 is 0.975 bits per heavy atom. The highest BCUT2D eigenvalue weighted by Crippen LogP contribution is 2.25. The third-order valence-electron chi connectivity index (χ3n) is 6.07. The summed E-state index contributed by atoms with van der Waals surface area (Å²) in [5, 5.41) is 0. The largest absolute Gasteiger partial charge is 0.458 e. The van der Waals surface area contributed by atoms with E-state index in [1.165, 1.54) is 12.1 Å². The number of hydrogen-bond donors (Lipinski definition) is 0. The van der Waals surface area contributed by atoms with Gasteiger partial charge in [-0.15, -0.1) is 0 Å². The van der Waals surface area contributed by atoms with Crippen LogP contribution in [0.2, 0.25) is 0 Å². The van der Waals surface area contributed by atoms with Crippen LogP contribution in [0.15, 0.2) is 24.3 Å². The molecule has 0 unspecified atom stereocenters. The number of carbonyl (C=O) groups excluding carboxylic acids is 3. The van der Waals surface area contributed by atoms with Crippen molar-refractivity contribution in [2.75, 3.05) is 19.8 Å². The van der Waals surface area contributed by atoms with Gasteiger partial charge in [-0.3, -0.25) is 0 Å². The van der Waals surface area contributed by atoms with Crippen molar-refractivity contribution in [2.45, 2.75) is 111 Å². The summed E-state index contributed by atoms with van der Waals surface area (Å²) in [6, 6.07) is 4.73. The van der Waals surface area contributed by atoms with E-state index in [1.807, 2.05) is 0 Å². The molecule has 1 fully saturated rings. The zero-order valence-corrected chi connectivity index (χ0v) is 25.2. The molecular weight excluding hydrogens is 521 g/mol. The van der Waals surface area contributed by atoms with Crippen molar-refractivity contribution in [1.82, 2.24) is 4.90 Å². The number of amides is 2. The zero-order chi connectivity index (χ0) is 30.1. The maximum atomic E-state index is 13.5. The molecule has 1 saturated heterocycles. The molecule has 9 nitrogen and oxygen atoms in total. The highest BCUT2D eigenvalue weighted by Gasteiger charge is 2.44. The molecule has 1 aromatic carbocycles. The van der Waals surface area contributed by atoms with Crippen LogP contribution in [0.5, 0.6) is 0 Å². The molecule has 0 aromatic heterocycles. The summed E-state index contributed by atoms with van der Waals surface area (Å²) in [6.45, 7) is 14.0. The number of rotatable bonds is 8. The molecule has 0 N–H and O–H groups in total. The summed E-state index contributed by atoms with van der Waals surface area (Å²) in [7, 11) is 0. The molecule has 1 aromatic rings. The van der Waals surface area contributed by atoms with E-state index in [4.69, 9.17) is 23.7 Å². The molecule has 0 saturated carbocycles. The Kier molecular flexibility index (Phi) is 12.4. The van der Waals surface area contributed by atoms with E-state index in [0.717, 1.165) is 24.8 Å². The SMILES string of the molecule is CCCCCO[C@@H]1[C@@H](Cc2ccc(F)cc2)COC[C@H](N(C(=O)OC(C)(C)C)C(=O)OC(C)(C)C)C(=O)O[C@H]1C. The van der Waals surface area contributed by atoms with Gasteiger partial charge in [0.1, 0.15) is 23.1 Å². The predicted octanol–water partition coefficient (Wildman–Crippen LogP) is 6.06. The molecule has 4 atom stereocenters. The van der Waals surface area contributed by atoms with Gasteiger partial charge in [0.05, 0.1) is 19.3 Å². The van der Waals surface area contributed by atoms with Crippen LogP contribution in [0.1, 0.15) is 80.2 Å². The number of carbonyl (C=O) groups is 3. The molecule has 10 heteroatoms. The fraction of sp³-hybridized carbons (Fsp3) is 0.700. The van der Waals surface area contributed by atoms with Crippen LogP contribution in [0.25, 0.3) is 0 Å². The average Bonchev–Trinajstić information content (AvgIpc) is 2.86. The van der Waals surface area contributed by atoms with Gasteiger partial charge in [-0.25, -0.2) is 18.8 Å². The van der Waals surface area contributed by atoms with Gasteiger partial charge in [0.15, 0.2) is 6.04 Å². The molecule has 2 amide bonds. The number of imide groups is 1. The van der Waals surface area contributed by atoms with Crippen LogP contribution in [0, 0.1) is 11.7 Å². The van der Waals surface area contributed by atoms with Crippen LogP contribution in [0.3, 0.4) is 0 Å². The molecular formula is C30H46FNO8. The van der Waals surface area contributed by atoms with Crippen molar-refractivity contribution < 1.29 is 42.5 Å². The second-order valence-corrected chi connectivity index (χ2v) is 12.2. The molecule has 1 heterocycles. The highest BCUT2D eigenvalue weighted by molar-refractivity contribution is 5.94. The van der Waals surface area contributed by atoms with E-state index in [1.54, 1.807) is 60.6 Å². The summed E-state index contributed by atoms with van der Waals surface area (Å²) in [5.41, 5.74) is -1.01. The van der Waals surface area contributed by atoms with Crippen molar-refractivity contribution in [3.8, 4) is 0 Å². The third-order valence-corrected chi connectivity index (χ3v) is 6.07. The van der Waals surface area contributed by atoms with Crippen molar-refractivity contribution in [2.24, 2.45) is 5.92 Å². The topological polar surface area (TPSA) is 101 Å². The summed E-state index contributed by atoms with van der Waals surface area (Å²) >= 11 is 0. The summed E-state index contributed by atoms with van der Waals surface area (Å²) in [6.07, 6.45) is -0.0394. The molecule has 0 spiro atoms. The Labute approximate surface area is 237 Å². The molecule has 226 valence electrons. The van der Waals surface area contributed by atoms with E-state index in [2.05, 4.69) is 6.92 Å². The molecule has 0 radical (unpaired) electrons. The Morgan fingerprint density at radius 2 is 1.55 bits per heavy atom. The lowest BCUT2D eigenvalue weighted by Gasteiger charge is -2.32. The van der Waals surface area contributed by atoms with Gasteiger partial charge in [0.2, 0.25) is 0 Å². The van der Waals surface area contributed by atoms with Crippen LogP contribution >= 0.6 is 0 Å². The molecule has 40 heavy (non-hydrogen) atoms. The summed E-state index contributed by atoms with van der Waals surface area (Å²) < 4.78 is 42.5. The minimum Gasteiger partial charge on any atom is -0.458 e. The average molecular weight is 568 g/mol. The van der Waals surface area contributed by atoms with Gasteiger partial charge in [0.25, 0.3) is 0 Å². The van der Waals surface area contributed by atoms with Gasteiger partial charge in [0, 0.05) is 12.5 Å². The monoisotopic (exact) mass is 567 g/mol. The second-order valence-electron chi connectivity index (χ2n) is 12.2. The van der Waals surface area contributed by atoms with Crippen LogP contribution < -0.4 is 0 Å². The second kappa shape index (κ2) is 14.8. The smallest absolute Gasteiger partial charge is 0.420 e. The molecule has 1 aliphatic rings. The first-order valence-corrected chi connectivity index (χ1v) is 14.0. The van der Waals surface area contributed by atoms with Crippen LogP contribution in [0.4, 0.5) is 14.0 Å². The summed E-state index contributed by atoms with van der Waals surface area (Å²) in [4.78, 5) is 40.5. The molecule has 1 aliphatic heterocycles. The standard InChI is InChI=1S/C30H46FNO8/c1-9-10-11-16-37-25-20(2)38-26(33)24(19-36-18-22(25)17-21-12-14-23(31)15-13-21)32(27(34)39-29(3,4)5)28(35)40-30(6,7)8/h12-15,20,22,24-25H,9-11,16-19H2,1-8H3/t20-,22-,24-,25-/m0/s1. The Hall–Kier alpha value is -2.72. The number of esters is 1. The fourth-order valence-corrected chi connectivity index (χ4v) is 4.28. The van der Waals surface area contributed by atoms with Crippen molar-refractivity contribution in [3.63, 3.8) is 0 Å². The quantitative estimate of drug-likeness (QED) is 0.212. The van der Waals surface area contributed by atoms with E-state index in [9.17, 15) is 18.8 Å². The minimum atomic E-state index is -1.45. The first kappa shape index (κ1) is 33.5. The minimum absolute atomic E-state index is 0.143. The maximum Gasteiger partial charge on any atom is 0.420 e. The Balaban J connectivity index is 2.38. The Bertz CT molecular complexity index is 941. The number of cyclic esters (lactones) is 1. The van der Waals surface area contributed by atoms with E-state index >= 15 is 0 Å². The summed E-state index contributed by atoms with van der Waals surface area (Å²) in [5.74, 6) is -1.43. The molecule has 2 rings (SSSR count). The van der Waals surface area contributed by atoms with Crippen molar-refractivity contribution in [3.05, 3.63) is 35.6 Å². The number of nitrogens with zero attached hydrogens (tertiary/aromatic N) is 1. The van der Waals surface area contributed by atoms with Crippen LogP contribution in [-0.2, 0) is 34.9 Å². The lowest BCUT2D eigenvalue weighted by molar-refractivity contribution is -0.163. The molecule has 0 aliphatic carbocycles. The number of unbranched alkanes of at least 4 members (excludes halogenated alkanes) is 2. The number of ether oxygens (including phenoxy) is 5. The van der Waals surface area contributed by atoms with E-state index in [0.29, 0.717) is 17.9 Å². The lowest BCUT2D eigenvalue weighted by atomic mass is 9.91. The van der Waals surface area contributed by atoms with Gasteiger partial charge in [-0.2, -0.15) is 4.90 Å². The highest BCUT2D eigenvalue weighted by atomic mass is 19.1. The van der Waals surface area contributed by atoms with E-state index in [-0.39, 0.29) is 24.9 Å². The lowest BCUT2D eigenvalue weighted by Crippen LogP contribution is -2.54. The predicted molar refractivity (Wildman–Crippen MR) is 147 cm³/mol. The first-order valence-electron chi connectivity index (χ1n) is 14.0. The molecule has 0 bridgehead atoms. The number of benzene rings is 1. The maximum absolute atomic E-state index is 13.5. The van der Waals surface area contributed by atoms with Crippen molar-refractivity contribution in [1.29, 1.82) is 0 Å².